The minimum absolute atomic E-state index is 0. The molecule has 1 aromatic carbocycles. The molecule has 0 saturated heterocycles. The molecule has 0 radical (unpaired) electrons. The third kappa shape index (κ3) is 3.21. The van der Waals surface area contributed by atoms with Crippen molar-refractivity contribution < 1.29 is 19.8 Å². The van der Waals surface area contributed by atoms with Gasteiger partial charge in [-0.05, 0) is 18.2 Å². The number of rotatable bonds is 2. The van der Waals surface area contributed by atoms with E-state index in [0.29, 0.717) is 0 Å². The van der Waals surface area contributed by atoms with Gasteiger partial charge in [-0.25, -0.2) is 9.59 Å². The van der Waals surface area contributed by atoms with E-state index in [-0.39, 0.29) is 23.4 Å². The molecule has 0 aliphatic carbocycles. The molecule has 0 amide bonds. The molecule has 0 fully saturated rings. The Labute approximate surface area is 80.3 Å². The van der Waals surface area contributed by atoms with Gasteiger partial charge in [0.1, 0.15) is 0 Å². The lowest BCUT2D eigenvalue weighted by Gasteiger charge is -1.95. The van der Waals surface area contributed by atoms with Crippen molar-refractivity contribution in [3.63, 3.8) is 0 Å². The van der Waals surface area contributed by atoms with Crippen molar-refractivity contribution >= 4 is 11.9 Å². The molecule has 6 heteroatoms. The molecular formula is C8H12N2O4. The summed E-state index contributed by atoms with van der Waals surface area (Å²) in [5.74, 6) is -2.25. The predicted molar refractivity (Wildman–Crippen MR) is 50.4 cm³/mol. The predicted octanol–water partition coefficient (Wildman–Crippen LogP) is 1.41. The van der Waals surface area contributed by atoms with Gasteiger partial charge in [0.25, 0.3) is 0 Å². The number of carboxylic acids is 2. The van der Waals surface area contributed by atoms with Gasteiger partial charge in [0.2, 0.25) is 0 Å². The number of benzene rings is 1. The molecule has 6 nitrogen and oxygen atoms in total. The molecule has 0 aromatic heterocycles. The van der Waals surface area contributed by atoms with Crippen LogP contribution in [0.2, 0.25) is 0 Å². The molecule has 8 N–H and O–H groups in total. The summed E-state index contributed by atoms with van der Waals surface area (Å²) in [6.45, 7) is 0. The van der Waals surface area contributed by atoms with E-state index < -0.39 is 11.9 Å². The molecule has 1 rings (SSSR count). The van der Waals surface area contributed by atoms with Crippen molar-refractivity contribution in [1.82, 2.24) is 12.3 Å². The number of hydrogen-bond donors (Lipinski definition) is 4. The Morgan fingerprint density at radius 1 is 0.929 bits per heavy atom. The van der Waals surface area contributed by atoms with Gasteiger partial charge in [0.15, 0.2) is 0 Å². The Hall–Kier alpha value is -1.92. The summed E-state index contributed by atoms with van der Waals surface area (Å²) in [7, 11) is 0. The first-order chi connectivity index (χ1) is 5.61. The number of aromatic carboxylic acids is 2. The second kappa shape index (κ2) is 5.68. The average molecular weight is 200 g/mol. The van der Waals surface area contributed by atoms with Gasteiger partial charge < -0.3 is 22.5 Å². The normalized spacial score (nSPS) is 8.00. The van der Waals surface area contributed by atoms with Gasteiger partial charge in [0.05, 0.1) is 11.1 Å². The SMILES string of the molecule is N.N.O=C(O)c1cccc(C(=O)O)c1. The molecule has 0 bridgehead atoms. The first-order valence-corrected chi connectivity index (χ1v) is 3.18. The van der Waals surface area contributed by atoms with Crippen LogP contribution in [-0.2, 0) is 0 Å². The van der Waals surface area contributed by atoms with Gasteiger partial charge >= 0.3 is 11.9 Å². The van der Waals surface area contributed by atoms with Crippen LogP contribution in [0, 0.1) is 0 Å². The minimum Gasteiger partial charge on any atom is -0.478 e. The molecule has 0 unspecified atom stereocenters. The molecule has 0 heterocycles. The molecule has 0 saturated carbocycles. The molecule has 0 atom stereocenters. The van der Waals surface area contributed by atoms with Crippen molar-refractivity contribution in [3.05, 3.63) is 35.4 Å². The van der Waals surface area contributed by atoms with Crippen LogP contribution >= 0.6 is 0 Å². The minimum atomic E-state index is -1.13. The lowest BCUT2D eigenvalue weighted by Crippen LogP contribution is -2.01. The smallest absolute Gasteiger partial charge is 0.335 e. The Morgan fingerprint density at radius 3 is 1.57 bits per heavy atom. The Morgan fingerprint density at radius 2 is 1.29 bits per heavy atom. The lowest BCUT2D eigenvalue weighted by atomic mass is 10.1. The first kappa shape index (κ1) is 14.6. The maximum Gasteiger partial charge on any atom is 0.335 e. The van der Waals surface area contributed by atoms with Crippen molar-refractivity contribution in [3.8, 4) is 0 Å². The van der Waals surface area contributed by atoms with Gasteiger partial charge in [-0.2, -0.15) is 0 Å². The van der Waals surface area contributed by atoms with Gasteiger partial charge in [-0.3, -0.25) is 0 Å². The van der Waals surface area contributed by atoms with E-state index in [0.717, 1.165) is 6.07 Å². The first-order valence-electron chi connectivity index (χ1n) is 3.18. The van der Waals surface area contributed by atoms with Crippen LogP contribution < -0.4 is 12.3 Å². The van der Waals surface area contributed by atoms with E-state index in [9.17, 15) is 9.59 Å². The fourth-order valence-corrected chi connectivity index (χ4v) is 0.785. The van der Waals surface area contributed by atoms with E-state index >= 15 is 0 Å². The Balaban J connectivity index is 0. The largest absolute Gasteiger partial charge is 0.478 e. The van der Waals surface area contributed by atoms with Crippen molar-refractivity contribution in [2.45, 2.75) is 0 Å². The second-order valence-electron chi connectivity index (χ2n) is 2.19. The summed E-state index contributed by atoms with van der Waals surface area (Å²) in [4.78, 5) is 20.8. The monoisotopic (exact) mass is 200 g/mol. The van der Waals surface area contributed by atoms with Crippen LogP contribution in [0.4, 0.5) is 0 Å². The number of hydrogen-bond acceptors (Lipinski definition) is 4. The van der Waals surface area contributed by atoms with Crippen LogP contribution in [-0.4, -0.2) is 22.2 Å². The zero-order chi connectivity index (χ0) is 9.14. The van der Waals surface area contributed by atoms with Gasteiger partial charge in [-0.1, -0.05) is 6.07 Å². The molecular weight excluding hydrogens is 188 g/mol. The molecule has 78 valence electrons. The topological polar surface area (TPSA) is 145 Å². The van der Waals surface area contributed by atoms with E-state index in [1.54, 1.807) is 0 Å². The van der Waals surface area contributed by atoms with Crippen molar-refractivity contribution in [2.24, 2.45) is 0 Å². The Bertz CT molecular complexity index is 309. The van der Waals surface area contributed by atoms with Crippen LogP contribution in [0.15, 0.2) is 24.3 Å². The summed E-state index contributed by atoms with van der Waals surface area (Å²) in [6, 6.07) is 5.20. The number of carboxylic acid groups (broad SMARTS) is 2. The second-order valence-corrected chi connectivity index (χ2v) is 2.19. The van der Waals surface area contributed by atoms with Gasteiger partial charge in [0, 0.05) is 0 Å². The van der Waals surface area contributed by atoms with E-state index in [4.69, 9.17) is 10.2 Å². The molecule has 0 aliphatic rings. The lowest BCUT2D eigenvalue weighted by molar-refractivity contribution is 0.0696. The fourth-order valence-electron chi connectivity index (χ4n) is 0.785. The highest BCUT2D eigenvalue weighted by Gasteiger charge is 2.06. The summed E-state index contributed by atoms with van der Waals surface area (Å²) < 4.78 is 0. The van der Waals surface area contributed by atoms with E-state index in [2.05, 4.69) is 0 Å². The molecule has 1 aromatic rings. The zero-order valence-corrected chi connectivity index (χ0v) is 7.43. The molecule has 14 heavy (non-hydrogen) atoms. The molecule has 0 spiro atoms. The zero-order valence-electron chi connectivity index (χ0n) is 7.43. The summed E-state index contributed by atoms with van der Waals surface area (Å²) in [5, 5.41) is 17.0. The highest BCUT2D eigenvalue weighted by atomic mass is 16.4. The summed E-state index contributed by atoms with van der Waals surface area (Å²) in [6.07, 6.45) is 0. The highest BCUT2D eigenvalue weighted by molar-refractivity contribution is 5.93. The maximum absolute atomic E-state index is 10.4. The quantitative estimate of drug-likeness (QED) is 0.567. The van der Waals surface area contributed by atoms with Crippen LogP contribution in [0.3, 0.4) is 0 Å². The third-order valence-electron chi connectivity index (χ3n) is 1.36. The van der Waals surface area contributed by atoms with E-state index in [1.807, 2.05) is 0 Å². The van der Waals surface area contributed by atoms with Crippen molar-refractivity contribution in [1.29, 1.82) is 0 Å². The third-order valence-corrected chi connectivity index (χ3v) is 1.36. The van der Waals surface area contributed by atoms with E-state index in [1.165, 1.54) is 18.2 Å². The van der Waals surface area contributed by atoms with Crippen LogP contribution in [0.5, 0.6) is 0 Å². The van der Waals surface area contributed by atoms with Crippen LogP contribution in [0.25, 0.3) is 0 Å². The number of carbonyl (C=O) groups is 2. The summed E-state index contributed by atoms with van der Waals surface area (Å²) in [5.41, 5.74) is -0.0372. The molecule has 0 aliphatic heterocycles. The van der Waals surface area contributed by atoms with Gasteiger partial charge in [-0.15, -0.1) is 0 Å². The van der Waals surface area contributed by atoms with Crippen LogP contribution in [0.1, 0.15) is 20.7 Å². The Kier molecular flexibility index (Phi) is 5.92. The average Bonchev–Trinajstić information content (AvgIpc) is 2.04. The summed E-state index contributed by atoms with van der Waals surface area (Å²) >= 11 is 0. The highest BCUT2D eigenvalue weighted by Crippen LogP contribution is 2.04. The fraction of sp³-hybridized carbons (Fsp3) is 0. The maximum atomic E-state index is 10.4. The van der Waals surface area contributed by atoms with Crippen molar-refractivity contribution in [2.75, 3.05) is 0 Å². The standard InChI is InChI=1S/C8H6O4.2H3N/c9-7(10)5-2-1-3-6(4-5)8(11)12;;/h1-4H,(H,9,10)(H,11,12);2*1H3.